The van der Waals surface area contributed by atoms with Crippen molar-refractivity contribution in [2.45, 2.75) is 38.8 Å². The van der Waals surface area contributed by atoms with Crippen LogP contribution in [0.15, 0.2) is 5.51 Å². The lowest BCUT2D eigenvalue weighted by Crippen LogP contribution is -2.42. The summed E-state index contributed by atoms with van der Waals surface area (Å²) in [4.78, 5) is 8.10. The zero-order chi connectivity index (χ0) is 11.4. The van der Waals surface area contributed by atoms with Gasteiger partial charge in [-0.15, -0.1) is 11.3 Å². The largest absolute Gasteiger partial charge is 0.313 e. The first-order valence-electron chi connectivity index (χ1n) is 6.06. The maximum atomic E-state index is 4.29. The molecule has 2 rings (SSSR count). The van der Waals surface area contributed by atoms with Crippen LogP contribution in [0.5, 0.6) is 0 Å². The number of nitrogens with one attached hydrogen (secondary N) is 1. The van der Waals surface area contributed by atoms with Crippen LogP contribution in [0, 0.1) is 6.92 Å². The first-order chi connectivity index (χ1) is 7.75. The van der Waals surface area contributed by atoms with Crippen LogP contribution in [-0.4, -0.2) is 36.1 Å². The molecule has 1 atom stereocenters. The van der Waals surface area contributed by atoms with Crippen molar-refractivity contribution in [2.24, 2.45) is 0 Å². The third-order valence-electron chi connectivity index (χ3n) is 3.20. The van der Waals surface area contributed by atoms with Crippen molar-refractivity contribution in [1.29, 1.82) is 0 Å². The van der Waals surface area contributed by atoms with Crippen LogP contribution >= 0.6 is 11.3 Å². The third kappa shape index (κ3) is 3.27. The monoisotopic (exact) mass is 239 g/mol. The summed E-state index contributed by atoms with van der Waals surface area (Å²) >= 11 is 1.77. The van der Waals surface area contributed by atoms with Gasteiger partial charge in [0, 0.05) is 24.0 Å². The van der Waals surface area contributed by atoms with Crippen molar-refractivity contribution in [3.63, 3.8) is 0 Å². The molecule has 1 saturated heterocycles. The SMILES string of the molecule is Cc1ncsc1CN(C)CC1CCCCN1. The summed E-state index contributed by atoms with van der Waals surface area (Å²) in [7, 11) is 2.20. The number of likely N-dealkylation sites (N-methyl/N-ethyl adjacent to an activating group) is 1. The molecular formula is C12H21N3S. The van der Waals surface area contributed by atoms with Crippen LogP contribution in [0.4, 0.5) is 0 Å². The second kappa shape index (κ2) is 5.75. The summed E-state index contributed by atoms with van der Waals surface area (Å²) in [5.41, 5.74) is 3.13. The maximum absolute atomic E-state index is 4.29. The molecule has 2 heterocycles. The van der Waals surface area contributed by atoms with Crippen molar-refractivity contribution >= 4 is 11.3 Å². The Morgan fingerprint density at radius 2 is 2.44 bits per heavy atom. The molecule has 0 bridgehead atoms. The Morgan fingerprint density at radius 1 is 1.56 bits per heavy atom. The molecule has 0 aliphatic carbocycles. The first-order valence-corrected chi connectivity index (χ1v) is 6.94. The predicted molar refractivity (Wildman–Crippen MR) is 68.8 cm³/mol. The number of piperidine rings is 1. The van der Waals surface area contributed by atoms with E-state index in [1.54, 1.807) is 11.3 Å². The minimum Gasteiger partial charge on any atom is -0.313 e. The molecule has 1 aromatic rings. The van der Waals surface area contributed by atoms with Gasteiger partial charge in [0.25, 0.3) is 0 Å². The first kappa shape index (κ1) is 12.0. The fraction of sp³-hybridized carbons (Fsp3) is 0.750. The third-order valence-corrected chi connectivity index (χ3v) is 4.12. The van der Waals surface area contributed by atoms with Gasteiger partial charge in [0.15, 0.2) is 0 Å². The zero-order valence-corrected chi connectivity index (χ0v) is 11.0. The van der Waals surface area contributed by atoms with Crippen molar-refractivity contribution in [2.75, 3.05) is 20.1 Å². The quantitative estimate of drug-likeness (QED) is 0.871. The number of hydrogen-bond acceptors (Lipinski definition) is 4. The number of thiazole rings is 1. The van der Waals surface area contributed by atoms with Gasteiger partial charge in [-0.1, -0.05) is 6.42 Å². The standard InChI is InChI=1S/C12H21N3S/c1-10-12(16-9-14-10)8-15(2)7-11-5-3-4-6-13-11/h9,11,13H,3-8H2,1-2H3. The molecule has 1 aromatic heterocycles. The van der Waals surface area contributed by atoms with Gasteiger partial charge in [0.05, 0.1) is 11.2 Å². The molecule has 90 valence electrons. The Morgan fingerprint density at radius 3 is 3.06 bits per heavy atom. The van der Waals surface area contributed by atoms with E-state index in [-0.39, 0.29) is 0 Å². The highest BCUT2D eigenvalue weighted by atomic mass is 32.1. The molecule has 1 N–H and O–H groups in total. The highest BCUT2D eigenvalue weighted by Crippen LogP contribution is 2.15. The van der Waals surface area contributed by atoms with Crippen molar-refractivity contribution in [1.82, 2.24) is 15.2 Å². The minimum atomic E-state index is 0.687. The lowest BCUT2D eigenvalue weighted by Gasteiger charge is -2.28. The van der Waals surface area contributed by atoms with E-state index in [1.807, 2.05) is 5.51 Å². The highest BCUT2D eigenvalue weighted by molar-refractivity contribution is 7.09. The molecule has 0 spiro atoms. The van der Waals surface area contributed by atoms with Gasteiger partial charge in [-0.3, -0.25) is 4.90 Å². The van der Waals surface area contributed by atoms with E-state index in [4.69, 9.17) is 0 Å². The van der Waals surface area contributed by atoms with Gasteiger partial charge in [0.1, 0.15) is 0 Å². The fourth-order valence-corrected chi connectivity index (χ4v) is 3.10. The summed E-state index contributed by atoms with van der Waals surface area (Å²) in [5, 5.41) is 3.59. The van der Waals surface area contributed by atoms with Gasteiger partial charge < -0.3 is 5.32 Å². The summed E-state index contributed by atoms with van der Waals surface area (Å²) in [5.74, 6) is 0. The molecule has 0 aromatic carbocycles. The minimum absolute atomic E-state index is 0.687. The van der Waals surface area contributed by atoms with E-state index in [2.05, 4.69) is 29.2 Å². The van der Waals surface area contributed by atoms with Crippen molar-refractivity contribution in [3.8, 4) is 0 Å². The van der Waals surface area contributed by atoms with Crippen LogP contribution in [0.3, 0.4) is 0 Å². The van der Waals surface area contributed by atoms with Crippen LogP contribution in [0.25, 0.3) is 0 Å². The second-order valence-electron chi connectivity index (χ2n) is 4.70. The van der Waals surface area contributed by atoms with E-state index >= 15 is 0 Å². The smallest absolute Gasteiger partial charge is 0.0798 e. The second-order valence-corrected chi connectivity index (χ2v) is 5.64. The molecule has 1 aliphatic rings. The average molecular weight is 239 g/mol. The molecule has 0 saturated carbocycles. The molecule has 1 fully saturated rings. The molecule has 1 unspecified atom stereocenters. The van der Waals surface area contributed by atoms with Gasteiger partial charge >= 0.3 is 0 Å². The Labute approximate surface area is 102 Å². The summed E-state index contributed by atoms with van der Waals surface area (Å²) in [6.45, 7) is 5.47. The molecule has 4 heteroatoms. The van der Waals surface area contributed by atoms with Crippen molar-refractivity contribution < 1.29 is 0 Å². The van der Waals surface area contributed by atoms with E-state index in [1.165, 1.54) is 36.4 Å². The van der Waals surface area contributed by atoms with E-state index in [0.29, 0.717) is 6.04 Å². The average Bonchev–Trinajstić information content (AvgIpc) is 2.66. The number of rotatable bonds is 4. The molecule has 3 nitrogen and oxygen atoms in total. The van der Waals surface area contributed by atoms with Crippen LogP contribution in [0.1, 0.15) is 29.8 Å². The molecule has 0 radical (unpaired) electrons. The summed E-state index contributed by atoms with van der Waals surface area (Å²) in [6, 6.07) is 0.687. The van der Waals surface area contributed by atoms with Gasteiger partial charge in [-0.05, 0) is 33.4 Å². The summed E-state index contributed by atoms with van der Waals surface area (Å²) < 4.78 is 0. The van der Waals surface area contributed by atoms with Gasteiger partial charge in [-0.2, -0.15) is 0 Å². The molecule has 16 heavy (non-hydrogen) atoms. The van der Waals surface area contributed by atoms with E-state index in [0.717, 1.165) is 13.1 Å². The summed E-state index contributed by atoms with van der Waals surface area (Å²) in [6.07, 6.45) is 4.05. The number of aromatic nitrogens is 1. The van der Waals surface area contributed by atoms with Crippen LogP contribution < -0.4 is 5.32 Å². The fourth-order valence-electron chi connectivity index (χ4n) is 2.24. The topological polar surface area (TPSA) is 28.2 Å². The van der Waals surface area contributed by atoms with Crippen LogP contribution in [0.2, 0.25) is 0 Å². The lowest BCUT2D eigenvalue weighted by atomic mass is 10.0. The Balaban J connectivity index is 1.79. The highest BCUT2D eigenvalue weighted by Gasteiger charge is 2.15. The van der Waals surface area contributed by atoms with E-state index in [9.17, 15) is 0 Å². The van der Waals surface area contributed by atoms with Gasteiger partial charge in [0.2, 0.25) is 0 Å². The lowest BCUT2D eigenvalue weighted by molar-refractivity contribution is 0.257. The predicted octanol–water partition coefficient (Wildman–Crippen LogP) is 2.03. The number of nitrogens with zero attached hydrogens (tertiary/aromatic N) is 2. The number of aryl methyl sites for hydroxylation is 1. The Hall–Kier alpha value is -0.450. The normalized spacial score (nSPS) is 21.6. The van der Waals surface area contributed by atoms with Gasteiger partial charge in [-0.25, -0.2) is 4.98 Å². The maximum Gasteiger partial charge on any atom is 0.0798 e. The molecular weight excluding hydrogens is 218 g/mol. The zero-order valence-electron chi connectivity index (χ0n) is 10.2. The Kier molecular flexibility index (Phi) is 4.32. The van der Waals surface area contributed by atoms with E-state index < -0.39 is 0 Å². The molecule has 0 amide bonds. The Bertz CT molecular complexity index is 318. The molecule has 1 aliphatic heterocycles. The number of hydrogen-bond donors (Lipinski definition) is 1. The van der Waals surface area contributed by atoms with Crippen LogP contribution in [-0.2, 0) is 6.54 Å². The van der Waals surface area contributed by atoms with Crippen molar-refractivity contribution in [3.05, 3.63) is 16.1 Å².